The average molecular weight is 237 g/mol. The molecule has 2 rings (SSSR count). The maximum atomic E-state index is 9.08. The topological polar surface area (TPSA) is 64.1 Å². The molecule has 1 aliphatic rings. The number of aliphatic hydroxyl groups excluding tert-OH is 1. The summed E-state index contributed by atoms with van der Waals surface area (Å²) in [6, 6.07) is -0.302. The lowest BCUT2D eigenvalue weighted by molar-refractivity contribution is 0.261. The van der Waals surface area contributed by atoms with Crippen molar-refractivity contribution in [3.63, 3.8) is 0 Å². The van der Waals surface area contributed by atoms with Crippen LogP contribution in [0, 0.1) is 5.92 Å². The van der Waals surface area contributed by atoms with Crippen molar-refractivity contribution in [3.8, 4) is 0 Å². The third-order valence-electron chi connectivity index (χ3n) is 3.82. The maximum absolute atomic E-state index is 9.08. The Morgan fingerprint density at radius 2 is 2.18 bits per heavy atom. The van der Waals surface area contributed by atoms with E-state index in [0.29, 0.717) is 0 Å². The van der Waals surface area contributed by atoms with Gasteiger partial charge in [-0.25, -0.2) is 4.98 Å². The van der Waals surface area contributed by atoms with Crippen molar-refractivity contribution in [2.45, 2.75) is 51.1 Å². The first-order chi connectivity index (χ1) is 8.31. The third kappa shape index (κ3) is 3.30. The van der Waals surface area contributed by atoms with Gasteiger partial charge in [0, 0.05) is 12.7 Å². The SMILES string of the molecule is NC(CO)c1cncn1CCC1CCCCC1. The van der Waals surface area contributed by atoms with Gasteiger partial charge in [0.25, 0.3) is 0 Å². The van der Waals surface area contributed by atoms with Crippen molar-refractivity contribution in [2.75, 3.05) is 6.61 Å². The molecule has 1 fully saturated rings. The first kappa shape index (κ1) is 12.6. The van der Waals surface area contributed by atoms with Crippen LogP contribution >= 0.6 is 0 Å². The maximum Gasteiger partial charge on any atom is 0.0948 e. The van der Waals surface area contributed by atoms with Crippen molar-refractivity contribution < 1.29 is 5.11 Å². The molecule has 96 valence electrons. The lowest BCUT2D eigenvalue weighted by atomic mass is 9.87. The number of aromatic nitrogens is 2. The predicted octanol–water partition coefficient (Wildman–Crippen LogP) is 1.85. The van der Waals surface area contributed by atoms with Crippen LogP contribution < -0.4 is 5.73 Å². The van der Waals surface area contributed by atoms with Crippen LogP contribution in [-0.2, 0) is 6.54 Å². The number of hydrogen-bond donors (Lipinski definition) is 2. The number of nitrogens with two attached hydrogens (primary N) is 1. The Balaban J connectivity index is 1.87. The Kier molecular flexibility index (Phi) is 4.57. The molecule has 3 N–H and O–H groups in total. The van der Waals surface area contributed by atoms with Crippen LogP contribution in [0.25, 0.3) is 0 Å². The van der Waals surface area contributed by atoms with Gasteiger partial charge < -0.3 is 15.4 Å². The molecular formula is C13H23N3O. The van der Waals surface area contributed by atoms with E-state index in [-0.39, 0.29) is 12.6 Å². The molecule has 0 aliphatic heterocycles. The molecule has 1 saturated carbocycles. The first-order valence-electron chi connectivity index (χ1n) is 6.67. The van der Waals surface area contributed by atoms with Crippen LogP contribution in [0.5, 0.6) is 0 Å². The molecule has 0 saturated heterocycles. The van der Waals surface area contributed by atoms with E-state index in [0.717, 1.165) is 18.2 Å². The largest absolute Gasteiger partial charge is 0.394 e. The Morgan fingerprint density at radius 3 is 2.88 bits per heavy atom. The highest BCUT2D eigenvalue weighted by Gasteiger charge is 2.15. The summed E-state index contributed by atoms with van der Waals surface area (Å²) in [6.07, 6.45) is 11.7. The third-order valence-corrected chi connectivity index (χ3v) is 3.82. The summed E-state index contributed by atoms with van der Waals surface area (Å²) in [5.41, 5.74) is 6.78. The molecule has 4 nitrogen and oxygen atoms in total. The standard InChI is InChI=1S/C13H23N3O/c14-12(9-17)13-8-15-10-16(13)7-6-11-4-2-1-3-5-11/h8,10-12,17H,1-7,9,14H2. The molecule has 0 radical (unpaired) electrons. The van der Waals surface area contributed by atoms with Gasteiger partial charge >= 0.3 is 0 Å². The van der Waals surface area contributed by atoms with Gasteiger partial charge in [-0.3, -0.25) is 0 Å². The van der Waals surface area contributed by atoms with Crippen LogP contribution in [-0.4, -0.2) is 21.3 Å². The summed E-state index contributed by atoms with van der Waals surface area (Å²) in [5, 5.41) is 9.08. The van der Waals surface area contributed by atoms with Gasteiger partial charge in [0.2, 0.25) is 0 Å². The molecule has 0 amide bonds. The van der Waals surface area contributed by atoms with Crippen LogP contribution in [0.4, 0.5) is 0 Å². The molecule has 4 heteroatoms. The highest BCUT2D eigenvalue weighted by Crippen LogP contribution is 2.27. The van der Waals surface area contributed by atoms with Crippen LogP contribution in [0.3, 0.4) is 0 Å². The smallest absolute Gasteiger partial charge is 0.0948 e. The van der Waals surface area contributed by atoms with E-state index in [1.165, 1.54) is 38.5 Å². The summed E-state index contributed by atoms with van der Waals surface area (Å²) in [5.74, 6) is 0.865. The van der Waals surface area contributed by atoms with Crippen LogP contribution in [0.2, 0.25) is 0 Å². The number of nitrogens with zero attached hydrogens (tertiary/aromatic N) is 2. The molecule has 17 heavy (non-hydrogen) atoms. The van der Waals surface area contributed by atoms with Gasteiger partial charge in [0.05, 0.1) is 24.7 Å². The van der Waals surface area contributed by atoms with E-state index in [1.54, 1.807) is 6.20 Å². The van der Waals surface area contributed by atoms with Gasteiger partial charge in [0.1, 0.15) is 0 Å². The van der Waals surface area contributed by atoms with E-state index in [2.05, 4.69) is 9.55 Å². The molecule has 1 aromatic heterocycles. The second kappa shape index (κ2) is 6.17. The quantitative estimate of drug-likeness (QED) is 0.821. The second-order valence-corrected chi connectivity index (χ2v) is 5.09. The fraction of sp³-hybridized carbons (Fsp3) is 0.769. The predicted molar refractivity (Wildman–Crippen MR) is 67.4 cm³/mol. The number of rotatable bonds is 5. The van der Waals surface area contributed by atoms with Crippen molar-refractivity contribution in [2.24, 2.45) is 11.7 Å². The number of aliphatic hydroxyl groups is 1. The van der Waals surface area contributed by atoms with E-state index in [4.69, 9.17) is 10.8 Å². The average Bonchev–Trinajstić information content (AvgIpc) is 2.85. The first-order valence-corrected chi connectivity index (χ1v) is 6.67. The molecule has 1 heterocycles. The zero-order chi connectivity index (χ0) is 12.1. The highest BCUT2D eigenvalue weighted by molar-refractivity contribution is 5.04. The Hall–Kier alpha value is -0.870. The Labute approximate surface area is 103 Å². The van der Waals surface area contributed by atoms with Gasteiger partial charge in [-0.15, -0.1) is 0 Å². The zero-order valence-electron chi connectivity index (χ0n) is 10.4. The molecular weight excluding hydrogens is 214 g/mol. The van der Waals surface area contributed by atoms with Gasteiger partial charge in [-0.05, 0) is 12.3 Å². The lowest BCUT2D eigenvalue weighted by Crippen LogP contribution is -2.19. The fourth-order valence-corrected chi connectivity index (χ4v) is 2.72. The van der Waals surface area contributed by atoms with Crippen molar-refractivity contribution in [1.29, 1.82) is 0 Å². The zero-order valence-corrected chi connectivity index (χ0v) is 10.4. The van der Waals surface area contributed by atoms with Gasteiger partial charge in [0.15, 0.2) is 0 Å². The van der Waals surface area contributed by atoms with E-state index in [9.17, 15) is 0 Å². The fourth-order valence-electron chi connectivity index (χ4n) is 2.72. The van der Waals surface area contributed by atoms with Crippen molar-refractivity contribution in [1.82, 2.24) is 9.55 Å². The Bertz CT molecular complexity index is 331. The summed E-state index contributed by atoms with van der Waals surface area (Å²) < 4.78 is 2.09. The number of aryl methyl sites for hydroxylation is 1. The molecule has 0 spiro atoms. The summed E-state index contributed by atoms with van der Waals surface area (Å²) in [4.78, 5) is 4.13. The van der Waals surface area contributed by atoms with Gasteiger partial charge in [-0.2, -0.15) is 0 Å². The van der Waals surface area contributed by atoms with Gasteiger partial charge in [-0.1, -0.05) is 32.1 Å². The molecule has 0 aromatic carbocycles. The van der Waals surface area contributed by atoms with Crippen LogP contribution in [0.1, 0.15) is 50.3 Å². The van der Waals surface area contributed by atoms with E-state index >= 15 is 0 Å². The summed E-state index contributed by atoms with van der Waals surface area (Å²) >= 11 is 0. The number of hydrogen-bond acceptors (Lipinski definition) is 3. The van der Waals surface area contributed by atoms with E-state index in [1.807, 2.05) is 6.33 Å². The molecule has 1 unspecified atom stereocenters. The minimum Gasteiger partial charge on any atom is -0.394 e. The monoisotopic (exact) mass is 237 g/mol. The molecule has 0 bridgehead atoms. The minimum atomic E-state index is -0.302. The van der Waals surface area contributed by atoms with E-state index < -0.39 is 0 Å². The lowest BCUT2D eigenvalue weighted by Gasteiger charge is -2.22. The second-order valence-electron chi connectivity index (χ2n) is 5.09. The Morgan fingerprint density at radius 1 is 1.41 bits per heavy atom. The highest BCUT2D eigenvalue weighted by atomic mass is 16.3. The van der Waals surface area contributed by atoms with Crippen molar-refractivity contribution in [3.05, 3.63) is 18.2 Å². The summed E-state index contributed by atoms with van der Waals surface area (Å²) in [6.45, 7) is 0.961. The normalized spacial score (nSPS) is 19.4. The summed E-state index contributed by atoms with van der Waals surface area (Å²) in [7, 11) is 0. The van der Waals surface area contributed by atoms with Crippen LogP contribution in [0.15, 0.2) is 12.5 Å². The molecule has 1 atom stereocenters. The molecule has 1 aliphatic carbocycles. The minimum absolute atomic E-state index is 0.0187. The molecule has 1 aromatic rings. The van der Waals surface area contributed by atoms with Crippen molar-refractivity contribution >= 4 is 0 Å². The number of imidazole rings is 1.